The molecule has 0 N–H and O–H groups in total. The fourth-order valence-corrected chi connectivity index (χ4v) is 1.44. The summed E-state index contributed by atoms with van der Waals surface area (Å²) in [7, 11) is 0. The molecule has 2 rings (SSSR count). The summed E-state index contributed by atoms with van der Waals surface area (Å²) in [5, 5.41) is 18.1. The molecule has 76 valence electrons. The molecule has 0 saturated heterocycles. The molecule has 0 atom stereocenters. The summed E-state index contributed by atoms with van der Waals surface area (Å²) in [4.78, 5) is 10.2. The zero-order valence-electron chi connectivity index (χ0n) is 7.25. The van der Waals surface area contributed by atoms with Crippen molar-refractivity contribution in [2.75, 3.05) is 0 Å². The average Bonchev–Trinajstić information content (AvgIpc) is 2.65. The summed E-state index contributed by atoms with van der Waals surface area (Å²) in [6.07, 6.45) is 0. The Morgan fingerprint density at radius 1 is 1.33 bits per heavy atom. The molecule has 0 aliphatic rings. The van der Waals surface area contributed by atoms with E-state index in [1.165, 1.54) is 6.07 Å². The summed E-state index contributed by atoms with van der Waals surface area (Å²) in [6.45, 7) is 0. The molecule has 1 aromatic heterocycles. The Morgan fingerprint density at radius 3 is 2.67 bits per heavy atom. The van der Waals surface area contributed by atoms with E-state index in [4.69, 9.17) is 4.42 Å². The summed E-state index contributed by atoms with van der Waals surface area (Å²) in [6, 6.07) is 6.23. The van der Waals surface area contributed by atoms with Gasteiger partial charge in [-0.15, -0.1) is 10.2 Å². The van der Waals surface area contributed by atoms with Crippen LogP contribution in [0.5, 0.6) is 0 Å². The van der Waals surface area contributed by atoms with Crippen LogP contribution < -0.4 is 0 Å². The third-order valence-corrected chi connectivity index (χ3v) is 2.17. The number of benzene rings is 1. The van der Waals surface area contributed by atoms with Crippen LogP contribution in [0.2, 0.25) is 0 Å². The molecule has 0 aliphatic carbocycles. The molecule has 6 nitrogen and oxygen atoms in total. The number of para-hydroxylation sites is 1. The smallest absolute Gasteiger partial charge is 0.282 e. The van der Waals surface area contributed by atoms with Crippen LogP contribution in [0.3, 0.4) is 0 Å². The zero-order valence-corrected chi connectivity index (χ0v) is 9.41. The zero-order chi connectivity index (χ0) is 10.8. The maximum absolute atomic E-state index is 10.7. The topological polar surface area (TPSA) is 82.1 Å². The van der Waals surface area contributed by atoms with Crippen LogP contribution in [-0.2, 0) is 0 Å². The minimum absolute atomic E-state index is 0.0439. The van der Waals surface area contributed by atoms with Crippen molar-refractivity contribution < 1.29 is 9.34 Å². The summed E-state index contributed by atoms with van der Waals surface area (Å²) < 4.78 is 5.47. The lowest BCUT2D eigenvalue weighted by molar-refractivity contribution is -0.384. The Labute approximate surface area is 97.6 Å². The van der Waals surface area contributed by atoms with E-state index >= 15 is 0 Å². The number of aromatic nitrogens is 2. The Balaban J connectivity index is 2.57. The van der Waals surface area contributed by atoms with Gasteiger partial charge in [-0.2, -0.15) is 0 Å². The molecule has 0 fully saturated rings. The fraction of sp³-hybridized carbons (Fsp3) is 0. The van der Waals surface area contributed by atoms with E-state index in [1.54, 1.807) is 18.2 Å². The largest absolute Gasteiger partial charge is 0.411 e. The van der Waals surface area contributed by atoms with Gasteiger partial charge >= 0.3 is 0 Å². The van der Waals surface area contributed by atoms with Crippen LogP contribution in [0.15, 0.2) is 28.7 Å². The van der Waals surface area contributed by atoms with E-state index in [9.17, 15) is 10.1 Å². The van der Waals surface area contributed by atoms with Gasteiger partial charge in [-0.25, -0.2) is 0 Å². The molecule has 1 heterocycles. The second-order valence-electron chi connectivity index (χ2n) is 2.63. The lowest BCUT2D eigenvalue weighted by atomic mass is 10.2. The minimum Gasteiger partial charge on any atom is -0.411 e. The molecule has 0 aliphatic heterocycles. The van der Waals surface area contributed by atoms with Gasteiger partial charge in [0, 0.05) is 28.7 Å². The number of nitro groups is 1. The van der Waals surface area contributed by atoms with Crippen molar-refractivity contribution in [2.45, 2.75) is 0 Å². The van der Waals surface area contributed by atoms with Crippen LogP contribution in [-0.4, -0.2) is 15.1 Å². The standard InChI is InChI=1S/C8H4IN3O3/c9-8-11-10-7(15-8)5-3-1-2-4-6(5)12(13)14/h1-4H. The van der Waals surface area contributed by atoms with E-state index in [-0.39, 0.29) is 11.6 Å². The van der Waals surface area contributed by atoms with Crippen molar-refractivity contribution >= 4 is 28.3 Å². The second-order valence-corrected chi connectivity index (χ2v) is 3.56. The Hall–Kier alpha value is -1.51. The van der Waals surface area contributed by atoms with Crippen molar-refractivity contribution in [3.8, 4) is 11.5 Å². The third-order valence-electron chi connectivity index (χ3n) is 1.73. The fourth-order valence-electron chi connectivity index (χ4n) is 1.13. The molecular formula is C8H4IN3O3. The number of rotatable bonds is 2. The molecule has 0 saturated carbocycles. The first-order chi connectivity index (χ1) is 7.18. The van der Waals surface area contributed by atoms with Crippen LogP contribution in [0.25, 0.3) is 11.5 Å². The summed E-state index contributed by atoms with van der Waals surface area (Å²) >= 11 is 1.85. The molecule has 15 heavy (non-hydrogen) atoms. The van der Waals surface area contributed by atoms with Crippen LogP contribution in [0.4, 0.5) is 5.69 Å². The van der Waals surface area contributed by atoms with Gasteiger partial charge in [-0.05, 0) is 6.07 Å². The van der Waals surface area contributed by atoms with Gasteiger partial charge in [0.15, 0.2) is 0 Å². The van der Waals surface area contributed by atoms with Crippen molar-refractivity contribution in [1.29, 1.82) is 0 Å². The lowest BCUT2D eigenvalue weighted by Gasteiger charge is -1.95. The molecule has 1 aromatic carbocycles. The monoisotopic (exact) mass is 317 g/mol. The van der Waals surface area contributed by atoms with E-state index in [2.05, 4.69) is 10.2 Å². The first-order valence-electron chi connectivity index (χ1n) is 3.91. The molecule has 7 heteroatoms. The van der Waals surface area contributed by atoms with E-state index in [1.807, 2.05) is 22.6 Å². The Kier molecular flexibility index (Phi) is 2.62. The van der Waals surface area contributed by atoms with Gasteiger partial charge in [0.25, 0.3) is 15.5 Å². The highest BCUT2D eigenvalue weighted by Gasteiger charge is 2.18. The molecule has 0 amide bonds. The van der Waals surface area contributed by atoms with E-state index in [0.29, 0.717) is 9.46 Å². The first-order valence-corrected chi connectivity index (χ1v) is 4.99. The highest BCUT2D eigenvalue weighted by Crippen LogP contribution is 2.28. The quantitative estimate of drug-likeness (QED) is 0.482. The van der Waals surface area contributed by atoms with Crippen molar-refractivity contribution in [3.63, 3.8) is 0 Å². The van der Waals surface area contributed by atoms with Gasteiger partial charge < -0.3 is 4.42 Å². The second kappa shape index (κ2) is 3.93. The predicted molar refractivity (Wildman–Crippen MR) is 59.1 cm³/mol. The maximum Gasteiger partial charge on any atom is 0.282 e. The highest BCUT2D eigenvalue weighted by atomic mass is 127. The summed E-state index contributed by atoms with van der Waals surface area (Å²) in [5.74, 6) is 0.159. The van der Waals surface area contributed by atoms with Gasteiger partial charge in [0.2, 0.25) is 0 Å². The SMILES string of the molecule is O=[N+]([O-])c1ccccc1-c1nnc(I)o1. The third kappa shape index (κ3) is 1.96. The molecule has 0 unspecified atom stereocenters. The van der Waals surface area contributed by atoms with Gasteiger partial charge in [-0.1, -0.05) is 12.1 Å². The van der Waals surface area contributed by atoms with Crippen LogP contribution in [0, 0.1) is 14.0 Å². The maximum atomic E-state index is 10.7. The van der Waals surface area contributed by atoms with Crippen LogP contribution in [0.1, 0.15) is 0 Å². The molecular weight excluding hydrogens is 313 g/mol. The van der Waals surface area contributed by atoms with Gasteiger partial charge in [-0.3, -0.25) is 10.1 Å². The lowest BCUT2D eigenvalue weighted by Crippen LogP contribution is -1.91. The average molecular weight is 317 g/mol. The molecule has 0 bridgehead atoms. The number of nitrogens with zero attached hydrogens (tertiary/aromatic N) is 3. The predicted octanol–water partition coefficient (Wildman–Crippen LogP) is 2.25. The molecule has 0 spiro atoms. The van der Waals surface area contributed by atoms with Crippen molar-refractivity contribution in [3.05, 3.63) is 38.3 Å². The summed E-state index contributed by atoms with van der Waals surface area (Å²) in [5.41, 5.74) is 0.287. The van der Waals surface area contributed by atoms with E-state index in [0.717, 1.165) is 0 Å². The number of nitro benzene ring substituents is 1. The molecule has 2 aromatic rings. The number of halogens is 1. The van der Waals surface area contributed by atoms with Crippen molar-refractivity contribution in [1.82, 2.24) is 10.2 Å². The normalized spacial score (nSPS) is 10.2. The number of hydrogen-bond donors (Lipinski definition) is 0. The first kappa shape index (κ1) is 10.0. The number of hydrogen-bond acceptors (Lipinski definition) is 5. The van der Waals surface area contributed by atoms with Gasteiger partial charge in [0.1, 0.15) is 5.56 Å². The molecule has 0 radical (unpaired) electrons. The van der Waals surface area contributed by atoms with Crippen molar-refractivity contribution in [2.24, 2.45) is 0 Å². The highest BCUT2D eigenvalue weighted by molar-refractivity contribution is 14.1. The van der Waals surface area contributed by atoms with E-state index < -0.39 is 4.92 Å². The Bertz CT molecular complexity index is 511. The Morgan fingerprint density at radius 2 is 2.07 bits per heavy atom. The van der Waals surface area contributed by atoms with Gasteiger partial charge in [0.05, 0.1) is 4.92 Å². The minimum atomic E-state index is -0.480. The van der Waals surface area contributed by atoms with Crippen LogP contribution >= 0.6 is 22.6 Å².